The first kappa shape index (κ1) is 26.6. The molecular formula is C44H27N3O2. The number of aryl methyl sites for hydroxylation is 2. The maximum Gasteiger partial charge on any atom is 0.236 e. The van der Waals surface area contributed by atoms with Gasteiger partial charge in [-0.3, -0.25) is 4.57 Å². The number of hydrogen-bond donors (Lipinski definition) is 0. The van der Waals surface area contributed by atoms with Gasteiger partial charge in [0.2, 0.25) is 5.95 Å². The maximum atomic E-state index is 6.66. The summed E-state index contributed by atoms with van der Waals surface area (Å²) in [5.41, 5.74) is 10.2. The van der Waals surface area contributed by atoms with E-state index in [2.05, 4.69) is 146 Å². The summed E-state index contributed by atoms with van der Waals surface area (Å²) >= 11 is 0. The van der Waals surface area contributed by atoms with Gasteiger partial charge in [0.1, 0.15) is 28.0 Å². The number of hydrogen-bond acceptors (Lipinski definition) is 4. The van der Waals surface area contributed by atoms with Crippen LogP contribution in [0.1, 0.15) is 11.1 Å². The van der Waals surface area contributed by atoms with Crippen LogP contribution in [0.15, 0.2) is 136 Å². The van der Waals surface area contributed by atoms with Gasteiger partial charge >= 0.3 is 0 Å². The Morgan fingerprint density at radius 3 is 1.90 bits per heavy atom. The van der Waals surface area contributed by atoms with Crippen LogP contribution in [0, 0.1) is 13.8 Å². The second kappa shape index (κ2) is 9.55. The maximum absolute atomic E-state index is 6.66. The molecule has 4 heterocycles. The Hall–Kier alpha value is -6.46. The molecule has 0 fully saturated rings. The number of nitrogens with zero attached hydrogens (tertiary/aromatic N) is 3. The molecule has 0 bridgehead atoms. The zero-order chi connectivity index (χ0) is 32.4. The Kier molecular flexibility index (Phi) is 5.18. The van der Waals surface area contributed by atoms with Gasteiger partial charge < -0.3 is 8.83 Å². The van der Waals surface area contributed by atoms with E-state index in [1.54, 1.807) is 0 Å². The lowest BCUT2D eigenvalue weighted by molar-refractivity contribution is 0.667. The highest BCUT2D eigenvalue weighted by atomic mass is 16.3. The van der Waals surface area contributed by atoms with Crippen LogP contribution >= 0.6 is 0 Å². The lowest BCUT2D eigenvalue weighted by atomic mass is 10.0. The van der Waals surface area contributed by atoms with Crippen LogP contribution in [0.4, 0.5) is 0 Å². The molecule has 0 N–H and O–H groups in total. The summed E-state index contributed by atoms with van der Waals surface area (Å²) in [5.74, 6) is 0.598. The third-order valence-corrected chi connectivity index (χ3v) is 10.0. The molecular weight excluding hydrogens is 603 g/mol. The van der Waals surface area contributed by atoms with Crippen LogP contribution in [0.3, 0.4) is 0 Å². The van der Waals surface area contributed by atoms with Gasteiger partial charge in [0, 0.05) is 27.1 Å². The van der Waals surface area contributed by atoms with Gasteiger partial charge in [-0.2, -0.15) is 0 Å². The summed E-state index contributed by atoms with van der Waals surface area (Å²) in [6.45, 7) is 4.25. The standard InChI is InChI=1S/C44H27N3O2/c1-24-19-25(2)21-28(20-24)41-43-42(40-30-12-6-4-10-27(30)16-18-37(40)49-43)46-44(45-41)47-34-14-8-7-13-31(34)32-23-38-33(22-35(32)47)39-29-11-5-3-9-26(29)15-17-36(39)48-38/h3-23H,1-2H3. The molecule has 0 spiro atoms. The van der Waals surface area contributed by atoms with Crippen molar-refractivity contribution in [2.75, 3.05) is 0 Å². The van der Waals surface area contributed by atoms with Gasteiger partial charge in [0.15, 0.2) is 5.58 Å². The van der Waals surface area contributed by atoms with E-state index in [1.165, 1.54) is 21.9 Å². The molecule has 0 saturated carbocycles. The summed E-state index contributed by atoms with van der Waals surface area (Å²) in [7, 11) is 0. The summed E-state index contributed by atoms with van der Waals surface area (Å²) in [6, 6.07) is 44.8. The normalized spacial score (nSPS) is 12.3. The SMILES string of the molecule is Cc1cc(C)cc(-c2nc(-n3c4ccccc4c4cc5oc6ccc7ccccc7c6c5cc43)nc3c2oc2ccc4ccccc4c23)c1. The molecule has 0 atom stereocenters. The van der Waals surface area contributed by atoms with Crippen LogP contribution in [0.2, 0.25) is 0 Å². The fourth-order valence-corrected chi connectivity index (χ4v) is 8.03. The number of aromatic nitrogens is 3. The first-order valence-electron chi connectivity index (χ1n) is 16.6. The van der Waals surface area contributed by atoms with Crippen molar-refractivity contribution in [1.82, 2.24) is 14.5 Å². The zero-order valence-corrected chi connectivity index (χ0v) is 26.8. The molecule has 0 aliphatic heterocycles. The molecule has 4 aromatic heterocycles. The zero-order valence-electron chi connectivity index (χ0n) is 26.8. The predicted octanol–water partition coefficient (Wildman–Crippen LogP) is 12.0. The van der Waals surface area contributed by atoms with E-state index >= 15 is 0 Å². The van der Waals surface area contributed by atoms with Crippen molar-refractivity contribution in [3.8, 4) is 17.2 Å². The second-order valence-electron chi connectivity index (χ2n) is 13.2. The fraction of sp³-hybridized carbons (Fsp3) is 0.0455. The molecule has 230 valence electrons. The van der Waals surface area contributed by atoms with Gasteiger partial charge in [0.25, 0.3) is 0 Å². The van der Waals surface area contributed by atoms with Crippen LogP contribution in [0.25, 0.3) is 105 Å². The van der Waals surface area contributed by atoms with Crippen molar-refractivity contribution >= 4 is 87.4 Å². The van der Waals surface area contributed by atoms with Gasteiger partial charge in [-0.25, -0.2) is 9.97 Å². The first-order chi connectivity index (χ1) is 24.1. The third-order valence-electron chi connectivity index (χ3n) is 10.0. The molecule has 0 radical (unpaired) electrons. The molecule has 7 aromatic carbocycles. The number of rotatable bonds is 2. The molecule has 0 unspecified atom stereocenters. The highest BCUT2D eigenvalue weighted by Gasteiger charge is 2.23. The molecule has 0 amide bonds. The largest absolute Gasteiger partial charge is 0.456 e. The quantitative estimate of drug-likeness (QED) is 0.191. The minimum atomic E-state index is 0.598. The Balaban J connectivity index is 1.32. The minimum Gasteiger partial charge on any atom is -0.456 e. The van der Waals surface area contributed by atoms with Crippen molar-refractivity contribution in [2.24, 2.45) is 0 Å². The summed E-state index contributed by atoms with van der Waals surface area (Å²) in [6.07, 6.45) is 0. The van der Waals surface area contributed by atoms with Crippen molar-refractivity contribution in [3.63, 3.8) is 0 Å². The summed E-state index contributed by atoms with van der Waals surface area (Å²) in [5, 5.41) is 9.99. The second-order valence-corrected chi connectivity index (χ2v) is 13.2. The molecule has 11 aromatic rings. The van der Waals surface area contributed by atoms with E-state index in [0.717, 1.165) is 82.3 Å². The van der Waals surface area contributed by atoms with E-state index in [0.29, 0.717) is 11.5 Å². The third kappa shape index (κ3) is 3.70. The highest BCUT2D eigenvalue weighted by Crippen LogP contribution is 2.42. The molecule has 49 heavy (non-hydrogen) atoms. The van der Waals surface area contributed by atoms with Crippen LogP contribution in [0.5, 0.6) is 0 Å². The van der Waals surface area contributed by atoms with Gasteiger partial charge in [-0.15, -0.1) is 0 Å². The van der Waals surface area contributed by atoms with E-state index < -0.39 is 0 Å². The smallest absolute Gasteiger partial charge is 0.236 e. The number of furan rings is 2. The average Bonchev–Trinajstić information content (AvgIpc) is 3.79. The molecule has 5 nitrogen and oxygen atoms in total. The van der Waals surface area contributed by atoms with Crippen LogP contribution in [-0.2, 0) is 0 Å². The molecule has 0 aliphatic rings. The molecule has 0 saturated heterocycles. The Morgan fingerprint density at radius 1 is 0.490 bits per heavy atom. The number of para-hydroxylation sites is 1. The minimum absolute atomic E-state index is 0.598. The summed E-state index contributed by atoms with van der Waals surface area (Å²) in [4.78, 5) is 10.8. The fourth-order valence-electron chi connectivity index (χ4n) is 8.03. The van der Waals surface area contributed by atoms with E-state index in [-0.39, 0.29) is 0 Å². The van der Waals surface area contributed by atoms with Gasteiger partial charge in [-0.1, -0.05) is 96.1 Å². The molecule has 11 rings (SSSR count). The van der Waals surface area contributed by atoms with Gasteiger partial charge in [0.05, 0.1) is 16.4 Å². The topological polar surface area (TPSA) is 57.0 Å². The van der Waals surface area contributed by atoms with Gasteiger partial charge in [-0.05, 0) is 77.9 Å². The predicted molar refractivity (Wildman–Crippen MR) is 201 cm³/mol. The first-order valence-corrected chi connectivity index (χ1v) is 16.6. The lowest BCUT2D eigenvalue weighted by Crippen LogP contribution is -2.03. The lowest BCUT2D eigenvalue weighted by Gasteiger charge is -2.10. The Bertz CT molecular complexity index is 3180. The van der Waals surface area contributed by atoms with Crippen molar-refractivity contribution in [3.05, 3.63) is 139 Å². The molecule has 5 heteroatoms. The Morgan fingerprint density at radius 2 is 1.14 bits per heavy atom. The number of fused-ring (bicyclic) bond motifs is 13. The highest BCUT2D eigenvalue weighted by molar-refractivity contribution is 6.23. The summed E-state index contributed by atoms with van der Waals surface area (Å²) < 4.78 is 15.4. The van der Waals surface area contributed by atoms with Crippen molar-refractivity contribution < 1.29 is 8.83 Å². The van der Waals surface area contributed by atoms with E-state index in [4.69, 9.17) is 18.8 Å². The van der Waals surface area contributed by atoms with E-state index in [9.17, 15) is 0 Å². The molecule has 0 aliphatic carbocycles. The van der Waals surface area contributed by atoms with Crippen molar-refractivity contribution in [2.45, 2.75) is 13.8 Å². The van der Waals surface area contributed by atoms with Crippen LogP contribution < -0.4 is 0 Å². The van der Waals surface area contributed by atoms with Crippen LogP contribution in [-0.4, -0.2) is 14.5 Å². The average molecular weight is 630 g/mol. The number of benzene rings is 7. The monoisotopic (exact) mass is 629 g/mol. The van der Waals surface area contributed by atoms with E-state index in [1.807, 2.05) is 0 Å². The Labute approximate surface area is 279 Å². The van der Waals surface area contributed by atoms with Crippen molar-refractivity contribution in [1.29, 1.82) is 0 Å².